The molecule has 0 bridgehead atoms. The molecule has 4 nitrogen and oxygen atoms in total. The minimum Gasteiger partial charge on any atom is -0.334 e. The monoisotopic (exact) mass is 223 g/mol. The number of rotatable bonds is 3. The molecule has 1 rings (SSSR count). The predicted molar refractivity (Wildman–Crippen MR) is 62.9 cm³/mol. The number of carbonyl (C=O) groups excluding carboxylic acids is 1. The van der Waals surface area contributed by atoms with Gasteiger partial charge in [-0.2, -0.15) is 5.26 Å². The van der Waals surface area contributed by atoms with E-state index in [2.05, 4.69) is 11.4 Å². The van der Waals surface area contributed by atoms with E-state index in [1.807, 2.05) is 11.8 Å². The molecular formula is C12H21N3O. The molecule has 0 aliphatic carbocycles. The molecule has 1 saturated heterocycles. The predicted octanol–water partition coefficient (Wildman–Crippen LogP) is 2.26. The minimum atomic E-state index is 0.000697. The van der Waals surface area contributed by atoms with Crippen LogP contribution in [0.3, 0.4) is 0 Å². The highest BCUT2D eigenvalue weighted by Gasteiger charge is 2.17. The van der Waals surface area contributed by atoms with Crippen LogP contribution in [0.1, 0.15) is 45.4 Å². The molecule has 90 valence electrons. The topological polar surface area (TPSA) is 56.1 Å². The van der Waals surface area contributed by atoms with Gasteiger partial charge >= 0.3 is 6.03 Å². The first-order valence-electron chi connectivity index (χ1n) is 6.20. The molecule has 1 atom stereocenters. The Balaban J connectivity index is 2.40. The van der Waals surface area contributed by atoms with Crippen molar-refractivity contribution in [2.24, 2.45) is 0 Å². The van der Waals surface area contributed by atoms with Crippen molar-refractivity contribution in [2.45, 2.75) is 51.5 Å². The Bertz CT molecular complexity index is 251. The maximum atomic E-state index is 11.9. The molecule has 0 spiro atoms. The lowest BCUT2D eigenvalue weighted by Crippen LogP contribution is -2.44. The average molecular weight is 223 g/mol. The number of urea groups is 1. The summed E-state index contributed by atoms with van der Waals surface area (Å²) in [4.78, 5) is 13.8. The number of carbonyl (C=O) groups is 1. The van der Waals surface area contributed by atoms with Crippen molar-refractivity contribution in [2.75, 3.05) is 13.1 Å². The summed E-state index contributed by atoms with van der Waals surface area (Å²) >= 11 is 0. The summed E-state index contributed by atoms with van der Waals surface area (Å²) in [6.45, 7) is 3.70. The summed E-state index contributed by atoms with van der Waals surface area (Å²) in [6.07, 6.45) is 5.85. The fraction of sp³-hybridized carbons (Fsp3) is 0.833. The second-order valence-electron chi connectivity index (χ2n) is 4.32. The minimum absolute atomic E-state index is 0.000697. The van der Waals surface area contributed by atoms with Crippen molar-refractivity contribution in [1.82, 2.24) is 10.2 Å². The van der Waals surface area contributed by atoms with Gasteiger partial charge in [-0.05, 0) is 19.3 Å². The zero-order chi connectivity index (χ0) is 11.8. The lowest BCUT2D eigenvalue weighted by atomic mass is 10.2. The van der Waals surface area contributed by atoms with Crippen LogP contribution in [0.2, 0.25) is 0 Å². The summed E-state index contributed by atoms with van der Waals surface area (Å²) in [6, 6.07) is 2.11. The Labute approximate surface area is 97.6 Å². The highest BCUT2D eigenvalue weighted by molar-refractivity contribution is 5.74. The first kappa shape index (κ1) is 12.8. The smallest absolute Gasteiger partial charge is 0.317 e. The van der Waals surface area contributed by atoms with Crippen LogP contribution < -0.4 is 5.32 Å². The number of amides is 2. The molecule has 1 fully saturated rings. The maximum Gasteiger partial charge on any atom is 0.317 e. The van der Waals surface area contributed by atoms with Crippen molar-refractivity contribution in [3.8, 4) is 6.07 Å². The number of nitrogens with zero attached hydrogens (tertiary/aromatic N) is 2. The number of likely N-dealkylation sites (tertiary alicyclic amines) is 1. The van der Waals surface area contributed by atoms with E-state index in [1.54, 1.807) is 0 Å². The van der Waals surface area contributed by atoms with Gasteiger partial charge in [0.1, 0.15) is 0 Å². The Morgan fingerprint density at radius 2 is 2.00 bits per heavy atom. The molecule has 16 heavy (non-hydrogen) atoms. The summed E-state index contributed by atoms with van der Waals surface area (Å²) < 4.78 is 0. The Morgan fingerprint density at radius 3 is 2.50 bits per heavy atom. The van der Waals surface area contributed by atoms with Gasteiger partial charge < -0.3 is 10.2 Å². The number of nitriles is 1. The van der Waals surface area contributed by atoms with Gasteiger partial charge in [0.2, 0.25) is 0 Å². The zero-order valence-corrected chi connectivity index (χ0v) is 10.0. The molecule has 0 aromatic carbocycles. The van der Waals surface area contributed by atoms with Gasteiger partial charge in [0, 0.05) is 19.1 Å². The number of hydrogen-bond donors (Lipinski definition) is 1. The summed E-state index contributed by atoms with van der Waals surface area (Å²) in [5.41, 5.74) is 0. The Hall–Kier alpha value is -1.24. The summed E-state index contributed by atoms with van der Waals surface area (Å²) in [7, 11) is 0. The van der Waals surface area contributed by atoms with Gasteiger partial charge in [0.15, 0.2) is 0 Å². The molecule has 1 aliphatic heterocycles. The van der Waals surface area contributed by atoms with Crippen LogP contribution in [0.4, 0.5) is 4.79 Å². The molecule has 1 N–H and O–H groups in total. The van der Waals surface area contributed by atoms with Gasteiger partial charge in [-0.15, -0.1) is 0 Å². The maximum absolute atomic E-state index is 11.9. The van der Waals surface area contributed by atoms with Crippen molar-refractivity contribution in [3.63, 3.8) is 0 Å². The van der Waals surface area contributed by atoms with E-state index in [1.165, 1.54) is 12.8 Å². The summed E-state index contributed by atoms with van der Waals surface area (Å²) in [5, 5.41) is 11.6. The standard InChI is InChI=1S/C12H21N3O/c1-2-11(7-8-13)14-12(16)15-9-5-3-4-6-10-15/h11H,2-7,9-10H2,1H3,(H,14,16). The van der Waals surface area contributed by atoms with Crippen LogP contribution in [-0.4, -0.2) is 30.1 Å². The quantitative estimate of drug-likeness (QED) is 0.798. The summed E-state index contributed by atoms with van der Waals surface area (Å²) in [5.74, 6) is 0. The molecule has 0 aromatic rings. The van der Waals surface area contributed by atoms with Gasteiger partial charge in [-0.1, -0.05) is 19.8 Å². The number of nitrogens with one attached hydrogen (secondary N) is 1. The Morgan fingerprint density at radius 1 is 1.38 bits per heavy atom. The first-order valence-corrected chi connectivity index (χ1v) is 6.20. The lowest BCUT2D eigenvalue weighted by molar-refractivity contribution is 0.195. The van der Waals surface area contributed by atoms with Crippen LogP contribution >= 0.6 is 0 Å². The van der Waals surface area contributed by atoms with E-state index in [9.17, 15) is 4.79 Å². The van der Waals surface area contributed by atoms with Gasteiger partial charge in [-0.25, -0.2) is 4.79 Å². The van der Waals surface area contributed by atoms with Crippen LogP contribution in [0.25, 0.3) is 0 Å². The van der Waals surface area contributed by atoms with Gasteiger partial charge in [0.05, 0.1) is 12.5 Å². The molecular weight excluding hydrogens is 202 g/mol. The van der Waals surface area contributed by atoms with Crippen LogP contribution in [0, 0.1) is 11.3 Å². The molecule has 1 heterocycles. The highest BCUT2D eigenvalue weighted by atomic mass is 16.2. The van der Waals surface area contributed by atoms with E-state index in [0.29, 0.717) is 6.42 Å². The van der Waals surface area contributed by atoms with Crippen LogP contribution in [0.15, 0.2) is 0 Å². The van der Waals surface area contributed by atoms with E-state index < -0.39 is 0 Å². The Kier molecular flexibility index (Phi) is 5.69. The van der Waals surface area contributed by atoms with Crippen molar-refractivity contribution < 1.29 is 4.79 Å². The fourth-order valence-corrected chi connectivity index (χ4v) is 1.95. The first-order chi connectivity index (χ1) is 7.77. The van der Waals surface area contributed by atoms with Crippen molar-refractivity contribution in [3.05, 3.63) is 0 Å². The van der Waals surface area contributed by atoms with Gasteiger partial charge in [-0.3, -0.25) is 0 Å². The number of hydrogen-bond acceptors (Lipinski definition) is 2. The van der Waals surface area contributed by atoms with Crippen molar-refractivity contribution in [1.29, 1.82) is 5.26 Å². The highest BCUT2D eigenvalue weighted by Crippen LogP contribution is 2.10. The fourth-order valence-electron chi connectivity index (χ4n) is 1.95. The van der Waals surface area contributed by atoms with E-state index in [4.69, 9.17) is 5.26 Å². The molecule has 0 saturated carbocycles. The molecule has 1 aliphatic rings. The molecule has 4 heteroatoms. The second-order valence-corrected chi connectivity index (χ2v) is 4.32. The molecule has 2 amide bonds. The normalized spacial score (nSPS) is 18.4. The third-order valence-corrected chi connectivity index (χ3v) is 3.05. The third-order valence-electron chi connectivity index (χ3n) is 3.05. The molecule has 0 radical (unpaired) electrons. The van der Waals surface area contributed by atoms with Crippen LogP contribution in [0.5, 0.6) is 0 Å². The lowest BCUT2D eigenvalue weighted by Gasteiger charge is -2.23. The second kappa shape index (κ2) is 7.10. The third kappa shape index (κ3) is 4.09. The van der Waals surface area contributed by atoms with Crippen LogP contribution in [-0.2, 0) is 0 Å². The zero-order valence-electron chi connectivity index (χ0n) is 10.0. The molecule has 1 unspecified atom stereocenters. The van der Waals surface area contributed by atoms with E-state index in [-0.39, 0.29) is 12.1 Å². The largest absolute Gasteiger partial charge is 0.334 e. The molecule has 0 aromatic heterocycles. The van der Waals surface area contributed by atoms with E-state index in [0.717, 1.165) is 32.4 Å². The SMILES string of the molecule is CCC(CC#N)NC(=O)N1CCCCCC1. The van der Waals surface area contributed by atoms with E-state index >= 15 is 0 Å². The van der Waals surface area contributed by atoms with Crippen molar-refractivity contribution >= 4 is 6.03 Å². The van der Waals surface area contributed by atoms with Gasteiger partial charge in [0.25, 0.3) is 0 Å². The average Bonchev–Trinajstić information content (AvgIpc) is 2.56.